The molecule has 48 heavy (non-hydrogen) atoms. The summed E-state index contributed by atoms with van der Waals surface area (Å²) in [5.74, 6) is 0. The Morgan fingerprint density at radius 1 is 0.854 bits per heavy atom. The van der Waals surface area contributed by atoms with E-state index in [0.29, 0.717) is 4.90 Å². The van der Waals surface area contributed by atoms with Crippen molar-refractivity contribution in [1.82, 2.24) is 4.98 Å². The van der Waals surface area contributed by atoms with Crippen LogP contribution in [0, 0.1) is 13.1 Å². The third-order valence-corrected chi connectivity index (χ3v) is 12.6. The zero-order valence-electron chi connectivity index (χ0n) is 31.7. The predicted octanol–water partition coefficient (Wildman–Crippen LogP) is 10.1. The topological polar surface area (TPSA) is 96.7 Å². The van der Waals surface area contributed by atoms with E-state index >= 15 is 0 Å². The maximum absolute atomic E-state index is 10.3. The zero-order valence-corrected chi connectivity index (χ0v) is 35.1. The second-order valence-electron chi connectivity index (χ2n) is 13.9. The maximum atomic E-state index is 10.3. The van der Waals surface area contributed by atoms with Gasteiger partial charge >= 0.3 is 21.7 Å². The summed E-state index contributed by atoms with van der Waals surface area (Å²) in [6.45, 7) is 24.9. The van der Waals surface area contributed by atoms with Gasteiger partial charge in [0.25, 0.3) is 0 Å². The number of hydrogen-bond acceptors (Lipinski definition) is 7. The molecule has 0 radical (unpaired) electrons. The molecule has 2 aromatic carbocycles. The van der Waals surface area contributed by atoms with Gasteiger partial charge in [-0.3, -0.25) is 0 Å². The first-order valence-corrected chi connectivity index (χ1v) is 21.0. The summed E-state index contributed by atoms with van der Waals surface area (Å²) in [4.78, 5) is 5.15. The number of aryl methyl sites for hydroxylation is 2. The Bertz CT molecular complexity index is 1300. The van der Waals surface area contributed by atoms with Crippen LogP contribution < -0.4 is 0 Å². The van der Waals surface area contributed by atoms with Gasteiger partial charge in [-0.1, -0.05) is 138 Å². The number of benzene rings is 2. The summed E-state index contributed by atoms with van der Waals surface area (Å²) >= 11 is 0. The molecule has 0 aliphatic heterocycles. The van der Waals surface area contributed by atoms with Gasteiger partial charge in [-0.05, 0) is 81.1 Å². The molecule has 0 aliphatic rings. The molecule has 0 fully saturated rings. The Hall–Kier alpha value is -1.65. The number of aliphatic hydroxyl groups is 2. The summed E-state index contributed by atoms with van der Waals surface area (Å²) in [6, 6.07) is 19.5. The van der Waals surface area contributed by atoms with E-state index in [1.54, 1.807) is 52.0 Å². The number of aliphatic hydroxyl groups excluding tert-OH is 2. The first kappa shape index (κ1) is 48.5. The molecule has 1 heterocycles. The number of pyridine rings is 1. The Kier molecular flexibility index (Phi) is 25.6. The first-order valence-electron chi connectivity index (χ1n) is 17.0. The van der Waals surface area contributed by atoms with Gasteiger partial charge in [-0.2, -0.15) is 6.07 Å². The Labute approximate surface area is 311 Å². The average molecular weight is 734 g/mol. The van der Waals surface area contributed by atoms with Crippen molar-refractivity contribution >= 4 is 19.0 Å². The average Bonchev–Trinajstić information content (AvgIpc) is 2.98. The van der Waals surface area contributed by atoms with E-state index in [1.165, 1.54) is 42.4 Å². The largest absolute Gasteiger partial charge is 2.00 e. The molecule has 3 rings (SSSR count). The van der Waals surface area contributed by atoms with E-state index in [4.69, 9.17) is 19.6 Å². The van der Waals surface area contributed by atoms with Crippen LogP contribution in [0.3, 0.4) is 0 Å². The van der Waals surface area contributed by atoms with Gasteiger partial charge in [0.05, 0.1) is 6.10 Å². The van der Waals surface area contributed by atoms with Crippen LogP contribution in [0.5, 0.6) is 0 Å². The fraction of sp³-hybridized carbons (Fsp3) is 0.564. The normalized spacial score (nSPS) is 11.8. The smallest absolute Gasteiger partial charge is 0.420 e. The molecular formula is C39H63NO5SSiTi. The number of nitrogens with zero attached hydrogens (tertiary/aromatic N) is 1. The molecule has 1 atom stereocenters. The molecule has 1 unspecified atom stereocenters. The fourth-order valence-electron chi connectivity index (χ4n) is 3.98. The third kappa shape index (κ3) is 20.1. The van der Waals surface area contributed by atoms with Crippen LogP contribution in [0.4, 0.5) is 0 Å². The van der Waals surface area contributed by atoms with E-state index in [-0.39, 0.29) is 45.1 Å². The molecular weight excluding hydrogens is 670 g/mol. The van der Waals surface area contributed by atoms with Crippen molar-refractivity contribution < 1.29 is 44.8 Å². The van der Waals surface area contributed by atoms with Crippen molar-refractivity contribution in [2.45, 2.75) is 149 Å². The standard InChI is InChI=1S/C26H40NOSi.C7H7O2S.2C3H8O.Ti/c1-8-10-15-21-19-20-27-24(23(21)18-11-9-2)25(22-16-13-12-14-17-22)28-29(6,7)26(3,4)5;1-6-2-4-7(5-3-6)10(8)9;2*1-3(2)4;/h12-14,16-17,19,25H,8-11,15,18H2,1-7H3;2-5H,1H3;2*3-4H,1-2H3;/q2*-1;;;+2. The van der Waals surface area contributed by atoms with Gasteiger partial charge in [0, 0.05) is 12.2 Å². The molecule has 0 saturated heterocycles. The molecule has 0 aliphatic carbocycles. The SMILES string of the molecule is CC(C)O.CC(C)O.CCCCc1c[c-]nc(C(O[Si](C)(C)C(C)(C)C)c2ccccc2)c1CCCC.Cc1ccc([S-](=O)=O)cc1.[Ti+2]. The zero-order chi connectivity index (χ0) is 36.2. The molecule has 1 aromatic heterocycles. The number of aromatic nitrogens is 1. The molecule has 0 spiro atoms. The van der Waals surface area contributed by atoms with Gasteiger partial charge in [-0.15, -0.1) is 11.1 Å². The van der Waals surface area contributed by atoms with Crippen LogP contribution in [0.15, 0.2) is 65.6 Å². The van der Waals surface area contributed by atoms with Crippen LogP contribution in [-0.2, 0) is 58.1 Å². The second-order valence-corrected chi connectivity index (χ2v) is 19.6. The van der Waals surface area contributed by atoms with Gasteiger partial charge in [0.15, 0.2) is 8.32 Å². The van der Waals surface area contributed by atoms with Crippen LogP contribution in [0.25, 0.3) is 0 Å². The van der Waals surface area contributed by atoms with Gasteiger partial charge in [-0.25, -0.2) is 0 Å². The minimum atomic E-state index is -2.09. The van der Waals surface area contributed by atoms with Crippen molar-refractivity contribution in [2.75, 3.05) is 0 Å². The van der Waals surface area contributed by atoms with Crippen LogP contribution >= 0.6 is 0 Å². The van der Waals surface area contributed by atoms with E-state index in [1.807, 2.05) is 6.92 Å². The van der Waals surface area contributed by atoms with Crippen LogP contribution in [-0.4, -0.2) is 35.7 Å². The van der Waals surface area contributed by atoms with E-state index in [9.17, 15) is 8.42 Å². The van der Waals surface area contributed by atoms with E-state index in [2.05, 4.69) is 90.3 Å². The summed E-state index contributed by atoms with van der Waals surface area (Å²) in [5.41, 5.74) is 6.15. The minimum absolute atomic E-state index is 0. The molecule has 3 aromatic rings. The second kappa shape index (κ2) is 25.3. The molecule has 6 nitrogen and oxygen atoms in total. The minimum Gasteiger partial charge on any atom is -0.420 e. The molecule has 2 N–H and O–H groups in total. The Morgan fingerprint density at radius 2 is 1.33 bits per heavy atom. The molecule has 0 amide bonds. The molecule has 0 bridgehead atoms. The number of hydrogen-bond donors (Lipinski definition) is 2. The van der Waals surface area contributed by atoms with Gasteiger partial charge in [0.1, 0.15) is 0 Å². The Balaban J connectivity index is 0. The summed E-state index contributed by atoms with van der Waals surface area (Å²) in [6.07, 6.45) is 9.70. The van der Waals surface area contributed by atoms with Crippen molar-refractivity contribution in [3.05, 3.63) is 94.8 Å². The molecule has 268 valence electrons. The van der Waals surface area contributed by atoms with E-state index < -0.39 is 19.0 Å². The van der Waals surface area contributed by atoms with E-state index in [0.717, 1.165) is 24.1 Å². The fourth-order valence-corrected chi connectivity index (χ4v) is 5.53. The van der Waals surface area contributed by atoms with Crippen molar-refractivity contribution in [3.8, 4) is 0 Å². The molecule has 9 heteroatoms. The Morgan fingerprint density at radius 3 is 1.77 bits per heavy atom. The summed E-state index contributed by atoms with van der Waals surface area (Å²) in [7, 11) is -4.07. The van der Waals surface area contributed by atoms with Crippen molar-refractivity contribution in [2.24, 2.45) is 0 Å². The summed E-state index contributed by atoms with van der Waals surface area (Å²) < 4.78 is 27.6. The van der Waals surface area contributed by atoms with Crippen LogP contribution in [0.2, 0.25) is 18.1 Å². The number of rotatable bonds is 11. The van der Waals surface area contributed by atoms with Crippen molar-refractivity contribution in [1.29, 1.82) is 0 Å². The van der Waals surface area contributed by atoms with Crippen molar-refractivity contribution in [3.63, 3.8) is 0 Å². The molecule has 0 saturated carbocycles. The predicted molar refractivity (Wildman–Crippen MR) is 200 cm³/mol. The summed E-state index contributed by atoms with van der Waals surface area (Å²) in [5, 5.41) is 16.3. The monoisotopic (exact) mass is 733 g/mol. The number of unbranched alkanes of at least 4 members (excludes halogenated alkanes) is 2. The van der Waals surface area contributed by atoms with Crippen LogP contribution in [0.1, 0.15) is 122 Å². The van der Waals surface area contributed by atoms with Gasteiger partial charge in [0.2, 0.25) is 0 Å². The first-order chi connectivity index (χ1) is 21.9. The van der Waals surface area contributed by atoms with Gasteiger partial charge < -0.3 is 28.0 Å². The third-order valence-electron chi connectivity index (χ3n) is 7.48. The quantitative estimate of drug-likeness (QED) is 0.116. The maximum Gasteiger partial charge on any atom is 2.00 e.